The summed E-state index contributed by atoms with van der Waals surface area (Å²) in [6.07, 6.45) is 4.01. The van der Waals surface area contributed by atoms with Gasteiger partial charge in [-0.15, -0.1) is 0 Å². The van der Waals surface area contributed by atoms with Crippen LogP contribution in [0.1, 0.15) is 50.0 Å². The van der Waals surface area contributed by atoms with Gasteiger partial charge in [0.1, 0.15) is 17.1 Å². The van der Waals surface area contributed by atoms with Crippen LogP contribution in [0.4, 0.5) is 10.1 Å². The maximum absolute atomic E-state index is 14.1. The summed E-state index contributed by atoms with van der Waals surface area (Å²) in [4.78, 5) is 40.7. The van der Waals surface area contributed by atoms with Gasteiger partial charge in [0.2, 0.25) is 11.8 Å². The van der Waals surface area contributed by atoms with Crippen molar-refractivity contribution in [3.8, 4) is 0 Å². The second-order valence-electron chi connectivity index (χ2n) is 8.83. The van der Waals surface area contributed by atoms with E-state index in [4.69, 9.17) is 4.74 Å². The quantitative estimate of drug-likeness (QED) is 0.717. The standard InChI is InChI=1S/C23H29FN4O4/c1-14(29)25-19-17-12-15(24)8-9-18(17)27-13-23(2,22(31)26-16-6-4-5-7-16)28(10-11-32-3)21(30)20(19)27/h8-9,12,16H,4-7,10-11,13H2,1-3H3,(H,25,29)(H,26,31). The van der Waals surface area contributed by atoms with Crippen LogP contribution in [0.3, 0.4) is 0 Å². The molecule has 0 spiro atoms. The molecule has 0 radical (unpaired) electrons. The van der Waals surface area contributed by atoms with Crippen molar-refractivity contribution >= 4 is 34.3 Å². The highest BCUT2D eigenvalue weighted by molar-refractivity contribution is 6.14. The topological polar surface area (TPSA) is 92.7 Å². The smallest absolute Gasteiger partial charge is 0.273 e. The lowest BCUT2D eigenvalue weighted by Crippen LogP contribution is -2.65. The summed E-state index contributed by atoms with van der Waals surface area (Å²) in [5.41, 5.74) is -0.0792. The molecule has 1 aliphatic heterocycles. The third kappa shape index (κ3) is 3.74. The molecule has 3 amide bonds. The second kappa shape index (κ2) is 8.54. The van der Waals surface area contributed by atoms with E-state index in [2.05, 4.69) is 10.6 Å². The van der Waals surface area contributed by atoms with Gasteiger partial charge in [0.15, 0.2) is 0 Å². The molecule has 172 valence electrons. The zero-order valence-electron chi connectivity index (χ0n) is 18.7. The molecule has 1 saturated carbocycles. The van der Waals surface area contributed by atoms with Crippen molar-refractivity contribution in [3.05, 3.63) is 29.7 Å². The van der Waals surface area contributed by atoms with Crippen LogP contribution in [0.25, 0.3) is 10.9 Å². The molecular formula is C23H29FN4O4. The van der Waals surface area contributed by atoms with Crippen molar-refractivity contribution in [1.82, 2.24) is 14.8 Å². The Morgan fingerprint density at radius 1 is 1.28 bits per heavy atom. The van der Waals surface area contributed by atoms with Crippen LogP contribution in [0.15, 0.2) is 18.2 Å². The van der Waals surface area contributed by atoms with Crippen LogP contribution in [0.2, 0.25) is 0 Å². The predicted octanol–water partition coefficient (Wildman–Crippen LogP) is 2.66. The number of ether oxygens (including phenoxy) is 1. The van der Waals surface area contributed by atoms with Crippen LogP contribution in [0.5, 0.6) is 0 Å². The van der Waals surface area contributed by atoms with Gasteiger partial charge in [-0.25, -0.2) is 4.39 Å². The number of rotatable bonds is 6. The average Bonchev–Trinajstić information content (AvgIpc) is 3.34. The minimum atomic E-state index is -1.17. The lowest BCUT2D eigenvalue weighted by atomic mass is 9.94. The highest BCUT2D eigenvalue weighted by Crippen LogP contribution is 2.39. The first-order chi connectivity index (χ1) is 15.3. The van der Waals surface area contributed by atoms with E-state index < -0.39 is 17.3 Å². The van der Waals surface area contributed by atoms with Crippen LogP contribution in [-0.2, 0) is 20.9 Å². The fraction of sp³-hybridized carbons (Fsp3) is 0.522. The van der Waals surface area contributed by atoms with Crippen molar-refractivity contribution in [3.63, 3.8) is 0 Å². The van der Waals surface area contributed by atoms with Gasteiger partial charge >= 0.3 is 0 Å². The first-order valence-electron chi connectivity index (χ1n) is 11.0. The second-order valence-corrected chi connectivity index (χ2v) is 8.83. The molecule has 2 heterocycles. The Bertz CT molecular complexity index is 1080. The highest BCUT2D eigenvalue weighted by atomic mass is 19.1. The number of amides is 3. The molecule has 1 atom stereocenters. The Labute approximate surface area is 186 Å². The molecule has 2 aromatic rings. The van der Waals surface area contributed by atoms with E-state index in [1.165, 1.54) is 31.1 Å². The van der Waals surface area contributed by atoms with Crippen molar-refractivity contribution in [2.45, 2.75) is 57.7 Å². The largest absolute Gasteiger partial charge is 0.383 e. The predicted molar refractivity (Wildman–Crippen MR) is 118 cm³/mol. The summed E-state index contributed by atoms with van der Waals surface area (Å²) < 4.78 is 21.0. The molecule has 4 rings (SSSR count). The zero-order chi connectivity index (χ0) is 23.0. The van der Waals surface area contributed by atoms with E-state index >= 15 is 0 Å². The molecule has 1 aromatic carbocycles. The summed E-state index contributed by atoms with van der Waals surface area (Å²) in [7, 11) is 1.53. The fourth-order valence-corrected chi connectivity index (χ4v) is 4.90. The summed E-state index contributed by atoms with van der Waals surface area (Å²) >= 11 is 0. The summed E-state index contributed by atoms with van der Waals surface area (Å²) in [5, 5.41) is 6.25. The SMILES string of the molecule is COCCN1C(=O)c2c(NC(C)=O)c3cc(F)ccc3n2CC1(C)C(=O)NC1CCCC1. The Morgan fingerprint density at radius 3 is 2.66 bits per heavy atom. The lowest BCUT2D eigenvalue weighted by molar-refractivity contribution is -0.133. The Hall–Kier alpha value is -2.94. The van der Waals surface area contributed by atoms with Crippen LogP contribution >= 0.6 is 0 Å². The van der Waals surface area contributed by atoms with Crippen molar-refractivity contribution in [2.24, 2.45) is 0 Å². The van der Waals surface area contributed by atoms with Crippen LogP contribution in [0, 0.1) is 5.82 Å². The van der Waals surface area contributed by atoms with Gasteiger partial charge < -0.3 is 24.8 Å². The number of hydrogen-bond acceptors (Lipinski definition) is 4. The van der Waals surface area contributed by atoms with E-state index in [0.29, 0.717) is 10.9 Å². The van der Waals surface area contributed by atoms with E-state index in [-0.39, 0.29) is 48.9 Å². The average molecular weight is 445 g/mol. The van der Waals surface area contributed by atoms with Gasteiger partial charge in [-0.3, -0.25) is 14.4 Å². The molecule has 9 heteroatoms. The number of fused-ring (bicyclic) bond motifs is 3. The van der Waals surface area contributed by atoms with E-state index in [1.54, 1.807) is 17.6 Å². The number of aromatic nitrogens is 1. The number of hydrogen-bond donors (Lipinski definition) is 2. The molecule has 2 N–H and O–H groups in total. The first kappa shape index (κ1) is 22.3. The number of nitrogens with one attached hydrogen (secondary N) is 2. The molecule has 0 bridgehead atoms. The molecule has 1 aromatic heterocycles. The number of anilines is 1. The van der Waals surface area contributed by atoms with Crippen molar-refractivity contribution in [1.29, 1.82) is 0 Å². The molecule has 0 saturated heterocycles. The third-order valence-electron chi connectivity index (χ3n) is 6.53. The van der Waals surface area contributed by atoms with Crippen LogP contribution < -0.4 is 10.6 Å². The van der Waals surface area contributed by atoms with Gasteiger partial charge in [-0.1, -0.05) is 12.8 Å². The summed E-state index contributed by atoms with van der Waals surface area (Å²) in [5.74, 6) is -1.46. The first-order valence-corrected chi connectivity index (χ1v) is 11.0. The molecule has 8 nitrogen and oxygen atoms in total. The summed E-state index contributed by atoms with van der Waals surface area (Å²) in [6.45, 7) is 3.73. The normalized spacial score (nSPS) is 21.1. The number of carbonyl (C=O) groups is 3. The monoisotopic (exact) mass is 444 g/mol. The lowest BCUT2D eigenvalue weighted by Gasteiger charge is -2.44. The van der Waals surface area contributed by atoms with Gasteiger partial charge in [-0.2, -0.15) is 0 Å². The van der Waals surface area contributed by atoms with E-state index in [0.717, 1.165) is 25.7 Å². The third-order valence-corrected chi connectivity index (χ3v) is 6.53. The van der Waals surface area contributed by atoms with E-state index in [9.17, 15) is 18.8 Å². The van der Waals surface area contributed by atoms with Gasteiger partial charge in [-0.05, 0) is 38.0 Å². The molecule has 1 fully saturated rings. The van der Waals surface area contributed by atoms with Gasteiger partial charge in [0.05, 0.1) is 24.4 Å². The van der Waals surface area contributed by atoms with E-state index in [1.807, 2.05) is 0 Å². The molecule has 32 heavy (non-hydrogen) atoms. The minimum Gasteiger partial charge on any atom is -0.383 e. The van der Waals surface area contributed by atoms with Crippen molar-refractivity contribution in [2.75, 3.05) is 25.6 Å². The maximum atomic E-state index is 14.1. The highest BCUT2D eigenvalue weighted by Gasteiger charge is 2.49. The number of carbonyl (C=O) groups excluding carboxylic acids is 3. The number of halogens is 1. The summed E-state index contributed by atoms with van der Waals surface area (Å²) in [6, 6.07) is 4.29. The van der Waals surface area contributed by atoms with Gasteiger partial charge in [0, 0.05) is 32.0 Å². The molecular weight excluding hydrogens is 415 g/mol. The zero-order valence-corrected chi connectivity index (χ0v) is 18.7. The van der Waals surface area contributed by atoms with Gasteiger partial charge in [0.25, 0.3) is 5.91 Å². The Balaban J connectivity index is 1.84. The Kier molecular flexibility index (Phi) is 5.94. The molecule has 1 unspecified atom stereocenters. The Morgan fingerprint density at radius 2 is 2.00 bits per heavy atom. The fourth-order valence-electron chi connectivity index (χ4n) is 4.90. The number of nitrogens with zero attached hydrogens (tertiary/aromatic N) is 2. The molecule has 2 aliphatic rings. The van der Waals surface area contributed by atoms with Crippen LogP contribution in [-0.4, -0.2) is 59.0 Å². The number of benzene rings is 1. The minimum absolute atomic E-state index is 0.102. The maximum Gasteiger partial charge on any atom is 0.273 e. The molecule has 1 aliphatic carbocycles. The number of methoxy groups -OCH3 is 1. The van der Waals surface area contributed by atoms with Crippen molar-refractivity contribution < 1.29 is 23.5 Å².